The van der Waals surface area contributed by atoms with Crippen LogP contribution in [0.25, 0.3) is 0 Å². The highest BCUT2D eigenvalue weighted by Crippen LogP contribution is 2.15. The first kappa shape index (κ1) is 21.0. The molecule has 1 aliphatic heterocycles. The summed E-state index contributed by atoms with van der Waals surface area (Å²) < 4.78 is 26.8. The highest BCUT2D eigenvalue weighted by atomic mass is 32.2. The van der Waals surface area contributed by atoms with Crippen LogP contribution >= 0.6 is 11.3 Å². The molecule has 0 saturated carbocycles. The molecule has 0 aliphatic carbocycles. The van der Waals surface area contributed by atoms with Crippen LogP contribution in [0.1, 0.15) is 17.4 Å². The Bertz CT molecular complexity index is 846. The summed E-state index contributed by atoms with van der Waals surface area (Å²) in [7, 11) is -3.33. The molecule has 0 atom stereocenters. The van der Waals surface area contributed by atoms with Gasteiger partial charge < -0.3 is 4.90 Å². The second-order valence-corrected chi connectivity index (χ2v) is 9.91. The van der Waals surface area contributed by atoms with Crippen LogP contribution in [0.5, 0.6) is 0 Å². The van der Waals surface area contributed by atoms with E-state index in [0.717, 1.165) is 5.56 Å². The fraction of sp³-hybridized carbons (Fsp3) is 0.450. The summed E-state index contributed by atoms with van der Waals surface area (Å²) in [6.07, 6.45) is 0. The van der Waals surface area contributed by atoms with Crippen molar-refractivity contribution in [3.63, 3.8) is 0 Å². The maximum Gasteiger partial charge on any atom is 0.237 e. The van der Waals surface area contributed by atoms with E-state index in [0.29, 0.717) is 45.8 Å². The van der Waals surface area contributed by atoms with E-state index in [1.54, 1.807) is 15.6 Å². The number of hydrogen-bond donors (Lipinski definition) is 0. The standard InChI is InChI=1S/C20H27N3O3S2/c1-2-22(15-19-9-6-14-27-19)20(24)16-21-10-12-23(13-11-21)28(25,26)17-18-7-4-3-5-8-18/h3-9,14H,2,10-13,15-17H2,1H3. The van der Waals surface area contributed by atoms with Gasteiger partial charge in [-0.05, 0) is 23.9 Å². The predicted octanol–water partition coefficient (Wildman–Crippen LogP) is 2.24. The quantitative estimate of drug-likeness (QED) is 0.656. The van der Waals surface area contributed by atoms with Gasteiger partial charge in [-0.15, -0.1) is 11.3 Å². The first-order valence-electron chi connectivity index (χ1n) is 9.52. The van der Waals surface area contributed by atoms with Gasteiger partial charge >= 0.3 is 0 Å². The van der Waals surface area contributed by atoms with Gasteiger partial charge in [0.15, 0.2) is 0 Å². The van der Waals surface area contributed by atoms with Gasteiger partial charge in [-0.2, -0.15) is 4.31 Å². The van der Waals surface area contributed by atoms with E-state index in [-0.39, 0.29) is 11.7 Å². The van der Waals surface area contributed by atoms with Crippen molar-refractivity contribution in [1.82, 2.24) is 14.1 Å². The number of benzene rings is 1. The van der Waals surface area contributed by atoms with Gasteiger partial charge in [0.2, 0.25) is 15.9 Å². The van der Waals surface area contributed by atoms with Crippen LogP contribution in [0.2, 0.25) is 0 Å². The van der Waals surface area contributed by atoms with E-state index in [4.69, 9.17) is 0 Å². The SMILES string of the molecule is CCN(Cc1cccs1)C(=O)CN1CCN(S(=O)(=O)Cc2ccccc2)CC1. The van der Waals surface area contributed by atoms with E-state index < -0.39 is 10.0 Å². The average molecular weight is 422 g/mol. The Hall–Kier alpha value is -1.74. The number of thiophene rings is 1. The summed E-state index contributed by atoms with van der Waals surface area (Å²) in [6.45, 7) is 5.65. The molecule has 1 aromatic carbocycles. The minimum absolute atomic E-state index is 0.0250. The number of sulfonamides is 1. The van der Waals surface area contributed by atoms with Crippen molar-refractivity contribution in [2.45, 2.75) is 19.2 Å². The third-order valence-electron chi connectivity index (χ3n) is 4.94. The predicted molar refractivity (Wildman–Crippen MR) is 112 cm³/mol. The lowest BCUT2D eigenvalue weighted by Crippen LogP contribution is -2.51. The van der Waals surface area contributed by atoms with Crippen LogP contribution < -0.4 is 0 Å². The zero-order chi connectivity index (χ0) is 20.0. The number of likely N-dealkylation sites (N-methyl/N-ethyl adjacent to an activating group) is 1. The second-order valence-electron chi connectivity index (χ2n) is 6.90. The topological polar surface area (TPSA) is 60.9 Å². The van der Waals surface area contributed by atoms with Crippen LogP contribution in [-0.4, -0.2) is 67.7 Å². The number of rotatable bonds is 8. The molecule has 0 bridgehead atoms. The molecule has 2 aromatic rings. The molecule has 152 valence electrons. The zero-order valence-corrected chi connectivity index (χ0v) is 17.8. The second kappa shape index (κ2) is 9.65. The van der Waals surface area contributed by atoms with Gasteiger partial charge in [-0.3, -0.25) is 9.69 Å². The average Bonchev–Trinajstić information content (AvgIpc) is 3.20. The van der Waals surface area contributed by atoms with E-state index >= 15 is 0 Å². The molecule has 1 aliphatic rings. The van der Waals surface area contributed by atoms with Gasteiger partial charge in [0.25, 0.3) is 0 Å². The molecule has 0 N–H and O–H groups in total. The van der Waals surface area contributed by atoms with Crippen molar-refractivity contribution in [3.05, 3.63) is 58.3 Å². The van der Waals surface area contributed by atoms with Crippen molar-refractivity contribution in [2.24, 2.45) is 0 Å². The van der Waals surface area contributed by atoms with E-state index in [9.17, 15) is 13.2 Å². The van der Waals surface area contributed by atoms with E-state index in [1.807, 2.05) is 64.6 Å². The first-order valence-corrected chi connectivity index (χ1v) is 12.0. The molecule has 0 radical (unpaired) electrons. The Morgan fingerprint density at radius 2 is 1.79 bits per heavy atom. The van der Waals surface area contributed by atoms with Crippen LogP contribution in [0.4, 0.5) is 0 Å². The monoisotopic (exact) mass is 421 g/mol. The van der Waals surface area contributed by atoms with Gasteiger partial charge in [0, 0.05) is 37.6 Å². The molecule has 6 nitrogen and oxygen atoms in total. The van der Waals surface area contributed by atoms with Crippen LogP contribution in [0.15, 0.2) is 47.8 Å². The molecule has 28 heavy (non-hydrogen) atoms. The van der Waals surface area contributed by atoms with Crippen molar-refractivity contribution in [1.29, 1.82) is 0 Å². The Morgan fingerprint density at radius 3 is 2.39 bits per heavy atom. The van der Waals surface area contributed by atoms with Gasteiger partial charge in [0.05, 0.1) is 18.8 Å². The summed E-state index contributed by atoms with van der Waals surface area (Å²) in [4.78, 5) is 17.7. The van der Waals surface area contributed by atoms with Crippen molar-refractivity contribution < 1.29 is 13.2 Å². The minimum Gasteiger partial charge on any atom is -0.337 e. The molecule has 0 unspecified atom stereocenters. The molecule has 0 spiro atoms. The minimum atomic E-state index is -3.33. The van der Waals surface area contributed by atoms with Crippen molar-refractivity contribution in [3.8, 4) is 0 Å². The molecular weight excluding hydrogens is 394 g/mol. The number of piperazine rings is 1. The summed E-state index contributed by atoms with van der Waals surface area (Å²) in [5.41, 5.74) is 0.798. The third-order valence-corrected chi connectivity index (χ3v) is 7.65. The molecule has 3 rings (SSSR count). The van der Waals surface area contributed by atoms with Crippen molar-refractivity contribution in [2.75, 3.05) is 39.3 Å². The third kappa shape index (κ3) is 5.64. The fourth-order valence-corrected chi connectivity index (χ4v) is 5.54. The zero-order valence-electron chi connectivity index (χ0n) is 16.2. The van der Waals surface area contributed by atoms with E-state index in [2.05, 4.69) is 0 Å². The fourth-order valence-electron chi connectivity index (χ4n) is 3.30. The Balaban J connectivity index is 1.50. The lowest BCUT2D eigenvalue weighted by atomic mass is 10.2. The maximum atomic E-state index is 12.6. The maximum absolute atomic E-state index is 12.6. The number of nitrogens with zero attached hydrogens (tertiary/aromatic N) is 3. The number of hydrogen-bond acceptors (Lipinski definition) is 5. The Labute approximate surface area is 171 Å². The molecule has 8 heteroatoms. The smallest absolute Gasteiger partial charge is 0.237 e. The lowest BCUT2D eigenvalue weighted by Gasteiger charge is -2.34. The van der Waals surface area contributed by atoms with E-state index in [1.165, 1.54) is 4.88 Å². The van der Waals surface area contributed by atoms with Gasteiger partial charge in [0.1, 0.15) is 0 Å². The normalized spacial score (nSPS) is 16.2. The number of carbonyl (C=O) groups excluding carboxylic acids is 1. The molecule has 1 amide bonds. The Kier molecular flexibility index (Phi) is 7.23. The molecule has 1 saturated heterocycles. The molecule has 2 heterocycles. The summed E-state index contributed by atoms with van der Waals surface area (Å²) in [5.74, 6) is 0.119. The largest absolute Gasteiger partial charge is 0.337 e. The summed E-state index contributed by atoms with van der Waals surface area (Å²) >= 11 is 1.65. The lowest BCUT2D eigenvalue weighted by molar-refractivity contribution is -0.133. The van der Waals surface area contributed by atoms with Gasteiger partial charge in [-0.1, -0.05) is 36.4 Å². The van der Waals surface area contributed by atoms with Gasteiger partial charge in [-0.25, -0.2) is 8.42 Å². The highest BCUT2D eigenvalue weighted by Gasteiger charge is 2.28. The molecule has 1 fully saturated rings. The summed E-state index contributed by atoms with van der Waals surface area (Å²) in [5, 5.41) is 2.02. The van der Waals surface area contributed by atoms with Crippen LogP contribution in [0, 0.1) is 0 Å². The molecular formula is C20H27N3O3S2. The number of amides is 1. The first-order chi connectivity index (χ1) is 13.5. The summed E-state index contributed by atoms with van der Waals surface area (Å²) in [6, 6.07) is 13.3. The van der Waals surface area contributed by atoms with Crippen LogP contribution in [-0.2, 0) is 27.1 Å². The number of carbonyl (C=O) groups is 1. The molecule has 1 aromatic heterocycles. The van der Waals surface area contributed by atoms with Crippen LogP contribution in [0.3, 0.4) is 0 Å². The van der Waals surface area contributed by atoms with Crippen molar-refractivity contribution >= 4 is 27.3 Å². The Morgan fingerprint density at radius 1 is 1.07 bits per heavy atom. The highest BCUT2D eigenvalue weighted by molar-refractivity contribution is 7.88.